The summed E-state index contributed by atoms with van der Waals surface area (Å²) in [5.41, 5.74) is 9.12. The molecule has 0 radical (unpaired) electrons. The maximum Gasteiger partial charge on any atom is 0.0568 e. The second kappa shape index (κ2) is 4.94. The lowest BCUT2D eigenvalue weighted by Gasteiger charge is -2.00. The minimum absolute atomic E-state index is 0.580. The Bertz CT molecular complexity index is 460. The number of nitrogens with two attached hydrogens (primary N) is 1. The molecule has 2 aromatic rings. The lowest BCUT2D eigenvalue weighted by molar-refractivity contribution is 0.603. The van der Waals surface area contributed by atoms with Crippen LogP contribution in [0.15, 0.2) is 36.7 Å². The molecule has 3 heteroatoms. The Hall–Kier alpha value is -1.61. The number of rotatable bonds is 4. The number of benzene rings is 1. The smallest absolute Gasteiger partial charge is 0.0568 e. The van der Waals surface area contributed by atoms with E-state index < -0.39 is 0 Å². The summed E-state index contributed by atoms with van der Waals surface area (Å²) >= 11 is 0. The van der Waals surface area contributed by atoms with E-state index in [1.54, 1.807) is 0 Å². The molecule has 16 heavy (non-hydrogen) atoms. The van der Waals surface area contributed by atoms with E-state index in [4.69, 9.17) is 5.73 Å². The molecule has 1 heterocycles. The van der Waals surface area contributed by atoms with Crippen molar-refractivity contribution in [2.75, 3.05) is 0 Å². The Morgan fingerprint density at radius 3 is 2.94 bits per heavy atom. The normalized spacial score (nSPS) is 10.6. The van der Waals surface area contributed by atoms with Crippen molar-refractivity contribution < 1.29 is 0 Å². The van der Waals surface area contributed by atoms with Crippen molar-refractivity contribution in [1.82, 2.24) is 9.78 Å². The first kappa shape index (κ1) is 10.9. The molecule has 0 aliphatic heterocycles. The van der Waals surface area contributed by atoms with Crippen LogP contribution < -0.4 is 5.73 Å². The summed E-state index contributed by atoms with van der Waals surface area (Å²) in [4.78, 5) is 0. The Balaban J connectivity index is 2.27. The first-order valence-corrected chi connectivity index (χ1v) is 5.65. The molecular formula is C13H17N3. The summed E-state index contributed by atoms with van der Waals surface area (Å²) in [6.07, 6.45) is 5.09. The number of hydrogen-bond acceptors (Lipinski definition) is 2. The molecule has 2 N–H and O–H groups in total. The summed E-state index contributed by atoms with van der Waals surface area (Å²) in [5, 5.41) is 4.32. The van der Waals surface area contributed by atoms with Crippen LogP contribution >= 0.6 is 0 Å². The van der Waals surface area contributed by atoms with Gasteiger partial charge in [0.25, 0.3) is 0 Å². The highest BCUT2D eigenvalue weighted by Gasteiger charge is 2.01. The van der Waals surface area contributed by atoms with Gasteiger partial charge in [0.1, 0.15) is 0 Å². The standard InChI is InChI=1S/C13H17N3/c1-2-6-16-10-13(9-15-16)12-5-3-4-11(7-12)8-14/h3-5,7,9-10H,2,6,8,14H2,1H3. The van der Waals surface area contributed by atoms with Gasteiger partial charge in [-0.05, 0) is 23.6 Å². The van der Waals surface area contributed by atoms with E-state index in [2.05, 4.69) is 30.4 Å². The third-order valence-corrected chi connectivity index (χ3v) is 2.58. The second-order valence-electron chi connectivity index (χ2n) is 3.90. The molecular weight excluding hydrogens is 198 g/mol. The van der Waals surface area contributed by atoms with Crippen LogP contribution in [0.2, 0.25) is 0 Å². The first-order chi connectivity index (χ1) is 7.83. The van der Waals surface area contributed by atoms with E-state index in [9.17, 15) is 0 Å². The Morgan fingerprint density at radius 1 is 1.31 bits per heavy atom. The molecule has 1 aromatic carbocycles. The van der Waals surface area contributed by atoms with E-state index in [0.717, 1.165) is 24.1 Å². The molecule has 0 unspecified atom stereocenters. The van der Waals surface area contributed by atoms with Gasteiger partial charge in [0.15, 0.2) is 0 Å². The van der Waals surface area contributed by atoms with Crippen molar-refractivity contribution in [3.63, 3.8) is 0 Å². The summed E-state index contributed by atoms with van der Waals surface area (Å²) < 4.78 is 1.98. The zero-order valence-corrected chi connectivity index (χ0v) is 9.56. The number of aromatic nitrogens is 2. The van der Waals surface area contributed by atoms with Crippen molar-refractivity contribution in [1.29, 1.82) is 0 Å². The lowest BCUT2D eigenvalue weighted by atomic mass is 10.1. The lowest BCUT2D eigenvalue weighted by Crippen LogP contribution is -1.96. The number of hydrogen-bond donors (Lipinski definition) is 1. The average Bonchev–Trinajstić information content (AvgIpc) is 2.78. The molecule has 0 saturated heterocycles. The molecule has 0 amide bonds. The maximum absolute atomic E-state index is 5.63. The van der Waals surface area contributed by atoms with Gasteiger partial charge in [-0.15, -0.1) is 0 Å². The second-order valence-corrected chi connectivity index (χ2v) is 3.90. The summed E-state index contributed by atoms with van der Waals surface area (Å²) in [5.74, 6) is 0. The number of nitrogens with zero attached hydrogens (tertiary/aromatic N) is 2. The van der Waals surface area contributed by atoms with Crippen LogP contribution in [-0.2, 0) is 13.1 Å². The fourth-order valence-electron chi connectivity index (χ4n) is 1.74. The van der Waals surface area contributed by atoms with Gasteiger partial charge in [0.2, 0.25) is 0 Å². The van der Waals surface area contributed by atoms with Crippen molar-refractivity contribution in [3.8, 4) is 11.1 Å². The van der Waals surface area contributed by atoms with Crippen LogP contribution in [0.25, 0.3) is 11.1 Å². The zero-order chi connectivity index (χ0) is 11.4. The SMILES string of the molecule is CCCn1cc(-c2cccc(CN)c2)cn1. The average molecular weight is 215 g/mol. The quantitative estimate of drug-likeness (QED) is 0.851. The van der Waals surface area contributed by atoms with E-state index in [1.807, 2.05) is 23.0 Å². The van der Waals surface area contributed by atoms with E-state index in [1.165, 1.54) is 5.56 Å². The van der Waals surface area contributed by atoms with Gasteiger partial charge >= 0.3 is 0 Å². The third-order valence-electron chi connectivity index (χ3n) is 2.58. The van der Waals surface area contributed by atoms with Crippen LogP contribution in [0.5, 0.6) is 0 Å². The third kappa shape index (κ3) is 2.31. The highest BCUT2D eigenvalue weighted by molar-refractivity contribution is 5.62. The Kier molecular flexibility index (Phi) is 3.37. The number of aryl methyl sites for hydroxylation is 1. The van der Waals surface area contributed by atoms with Gasteiger partial charge in [-0.1, -0.05) is 25.1 Å². The van der Waals surface area contributed by atoms with Gasteiger partial charge in [-0.3, -0.25) is 4.68 Å². The van der Waals surface area contributed by atoms with Gasteiger partial charge in [-0.2, -0.15) is 5.10 Å². The topological polar surface area (TPSA) is 43.8 Å². The van der Waals surface area contributed by atoms with Crippen molar-refractivity contribution in [2.45, 2.75) is 26.4 Å². The molecule has 84 valence electrons. The molecule has 0 saturated carbocycles. The summed E-state index contributed by atoms with van der Waals surface area (Å²) in [7, 11) is 0. The fraction of sp³-hybridized carbons (Fsp3) is 0.308. The molecule has 2 rings (SSSR count). The fourth-order valence-corrected chi connectivity index (χ4v) is 1.74. The van der Waals surface area contributed by atoms with Crippen molar-refractivity contribution >= 4 is 0 Å². The minimum Gasteiger partial charge on any atom is -0.326 e. The van der Waals surface area contributed by atoms with Crippen LogP contribution in [0, 0.1) is 0 Å². The molecule has 0 atom stereocenters. The van der Waals surface area contributed by atoms with Crippen LogP contribution in [-0.4, -0.2) is 9.78 Å². The highest BCUT2D eigenvalue weighted by Crippen LogP contribution is 2.19. The van der Waals surface area contributed by atoms with Crippen molar-refractivity contribution in [2.24, 2.45) is 5.73 Å². The highest BCUT2D eigenvalue weighted by atomic mass is 15.3. The molecule has 1 aromatic heterocycles. The van der Waals surface area contributed by atoms with E-state index >= 15 is 0 Å². The monoisotopic (exact) mass is 215 g/mol. The summed E-state index contributed by atoms with van der Waals surface area (Å²) in [6, 6.07) is 8.29. The first-order valence-electron chi connectivity index (χ1n) is 5.65. The molecule has 3 nitrogen and oxygen atoms in total. The predicted molar refractivity (Wildman–Crippen MR) is 65.8 cm³/mol. The van der Waals surface area contributed by atoms with Gasteiger partial charge in [0.05, 0.1) is 6.20 Å². The van der Waals surface area contributed by atoms with Crippen LogP contribution in [0.3, 0.4) is 0 Å². The molecule has 0 aliphatic rings. The molecule has 0 bridgehead atoms. The molecule has 0 spiro atoms. The summed E-state index contributed by atoms with van der Waals surface area (Å²) in [6.45, 7) is 3.70. The maximum atomic E-state index is 5.63. The van der Waals surface area contributed by atoms with Gasteiger partial charge < -0.3 is 5.73 Å². The van der Waals surface area contributed by atoms with Crippen LogP contribution in [0.1, 0.15) is 18.9 Å². The van der Waals surface area contributed by atoms with E-state index in [-0.39, 0.29) is 0 Å². The Morgan fingerprint density at radius 2 is 2.19 bits per heavy atom. The predicted octanol–water partition coefficient (Wildman–Crippen LogP) is 2.42. The Labute approximate surface area is 95.9 Å². The zero-order valence-electron chi connectivity index (χ0n) is 9.56. The largest absolute Gasteiger partial charge is 0.326 e. The molecule has 0 aliphatic carbocycles. The van der Waals surface area contributed by atoms with Crippen molar-refractivity contribution in [3.05, 3.63) is 42.2 Å². The van der Waals surface area contributed by atoms with Gasteiger partial charge in [-0.25, -0.2) is 0 Å². The molecule has 0 fully saturated rings. The van der Waals surface area contributed by atoms with E-state index in [0.29, 0.717) is 6.54 Å². The van der Waals surface area contributed by atoms with Crippen LogP contribution in [0.4, 0.5) is 0 Å². The van der Waals surface area contributed by atoms with Gasteiger partial charge in [0, 0.05) is 24.8 Å². The minimum atomic E-state index is 0.580.